The van der Waals surface area contributed by atoms with Gasteiger partial charge >= 0.3 is 0 Å². The monoisotopic (exact) mass is 95.1 g/mol. The van der Waals surface area contributed by atoms with E-state index in [-0.39, 0.29) is 0 Å². The average molecular weight is 95.1 g/mol. The Morgan fingerprint density at radius 2 is 2.29 bits per heavy atom. The molecular formula is C6H9N. The van der Waals surface area contributed by atoms with E-state index in [1.807, 2.05) is 0 Å². The van der Waals surface area contributed by atoms with E-state index in [0.29, 0.717) is 11.8 Å². The van der Waals surface area contributed by atoms with Crippen molar-refractivity contribution in [1.29, 1.82) is 5.26 Å². The van der Waals surface area contributed by atoms with Crippen LogP contribution in [0.3, 0.4) is 0 Å². The number of rotatable bonds is 0. The highest BCUT2D eigenvalue weighted by atomic mass is 14.4. The van der Waals surface area contributed by atoms with Crippen molar-refractivity contribution in [3.63, 3.8) is 0 Å². The van der Waals surface area contributed by atoms with Gasteiger partial charge in [-0.3, -0.25) is 0 Å². The van der Waals surface area contributed by atoms with Crippen LogP contribution in [0.4, 0.5) is 0 Å². The first-order chi connectivity index (χ1) is 3.34. The van der Waals surface area contributed by atoms with Crippen molar-refractivity contribution in [2.24, 2.45) is 11.8 Å². The Hall–Kier alpha value is -0.510. The first-order valence-corrected chi connectivity index (χ1v) is 2.74. The summed E-state index contributed by atoms with van der Waals surface area (Å²) < 4.78 is 0. The molecule has 0 amide bonds. The zero-order chi connectivity index (χ0) is 5.28. The lowest BCUT2D eigenvalue weighted by Gasteiger charge is -2.26. The second kappa shape index (κ2) is 1.54. The van der Waals surface area contributed by atoms with Crippen molar-refractivity contribution in [2.75, 3.05) is 0 Å². The summed E-state index contributed by atoms with van der Waals surface area (Å²) in [6, 6.07) is 2.25. The van der Waals surface area contributed by atoms with E-state index in [0.717, 1.165) is 6.42 Å². The Balaban J connectivity index is 2.33. The highest BCUT2D eigenvalue weighted by Crippen LogP contribution is 2.32. The molecule has 2 atom stereocenters. The van der Waals surface area contributed by atoms with Gasteiger partial charge in [0, 0.05) is 5.92 Å². The summed E-state index contributed by atoms with van der Waals surface area (Å²) >= 11 is 0. The Morgan fingerprint density at radius 1 is 1.57 bits per heavy atom. The van der Waals surface area contributed by atoms with Gasteiger partial charge in [0.1, 0.15) is 0 Å². The van der Waals surface area contributed by atoms with Gasteiger partial charge in [0.15, 0.2) is 0 Å². The lowest BCUT2D eigenvalue weighted by Crippen LogP contribution is -2.20. The molecule has 1 rings (SSSR count). The van der Waals surface area contributed by atoms with Crippen molar-refractivity contribution in [2.45, 2.75) is 19.8 Å². The zero-order valence-electron chi connectivity index (χ0n) is 4.52. The van der Waals surface area contributed by atoms with Crippen LogP contribution >= 0.6 is 0 Å². The van der Waals surface area contributed by atoms with E-state index in [2.05, 4.69) is 13.0 Å². The molecule has 0 radical (unpaired) electrons. The molecule has 1 saturated carbocycles. The van der Waals surface area contributed by atoms with Crippen molar-refractivity contribution in [3.05, 3.63) is 0 Å². The lowest BCUT2D eigenvalue weighted by molar-refractivity contribution is 0.259. The second-order valence-corrected chi connectivity index (χ2v) is 2.29. The molecule has 0 aromatic rings. The maximum atomic E-state index is 8.31. The lowest BCUT2D eigenvalue weighted by atomic mass is 9.76. The van der Waals surface area contributed by atoms with Crippen LogP contribution < -0.4 is 0 Å². The van der Waals surface area contributed by atoms with Crippen molar-refractivity contribution >= 4 is 0 Å². The predicted octanol–water partition coefficient (Wildman–Crippen LogP) is 1.56. The van der Waals surface area contributed by atoms with E-state index in [9.17, 15) is 0 Å². The summed E-state index contributed by atoms with van der Waals surface area (Å²) in [5.41, 5.74) is 0. The summed E-state index contributed by atoms with van der Waals surface area (Å²) in [6.45, 7) is 2.14. The zero-order valence-corrected chi connectivity index (χ0v) is 4.52. The van der Waals surface area contributed by atoms with Crippen LogP contribution in [-0.4, -0.2) is 0 Å². The molecule has 0 bridgehead atoms. The number of nitrogens with zero attached hydrogens (tertiary/aromatic N) is 1. The minimum atomic E-state index is 0.389. The number of hydrogen-bond acceptors (Lipinski definition) is 1. The van der Waals surface area contributed by atoms with E-state index in [1.54, 1.807) is 0 Å². The Bertz CT molecular complexity index is 101. The molecule has 1 fully saturated rings. The molecule has 0 aromatic heterocycles. The molecule has 1 aliphatic carbocycles. The molecule has 0 spiro atoms. The van der Waals surface area contributed by atoms with Crippen LogP contribution in [0.15, 0.2) is 0 Å². The molecule has 1 unspecified atom stereocenters. The third kappa shape index (κ3) is 0.608. The van der Waals surface area contributed by atoms with Crippen LogP contribution in [0.1, 0.15) is 19.8 Å². The minimum Gasteiger partial charge on any atom is -0.198 e. The normalized spacial score (nSPS) is 38.9. The fourth-order valence-corrected chi connectivity index (χ4v) is 0.858. The summed E-state index contributed by atoms with van der Waals surface area (Å²) in [4.78, 5) is 0. The average Bonchev–Trinajstić information content (AvgIpc) is 1.65. The van der Waals surface area contributed by atoms with Gasteiger partial charge in [-0.25, -0.2) is 0 Å². The molecule has 0 aromatic carbocycles. The van der Waals surface area contributed by atoms with Crippen molar-refractivity contribution in [1.82, 2.24) is 0 Å². The van der Waals surface area contributed by atoms with Gasteiger partial charge in [-0.1, -0.05) is 6.92 Å². The standard InChI is InChI=1S/C6H9N/c1-5-2-3-6(5)4-7/h5-6H,2-3H2,1H3/t5-,6?/m0/s1. The van der Waals surface area contributed by atoms with Crippen molar-refractivity contribution < 1.29 is 0 Å². The minimum absolute atomic E-state index is 0.389. The molecule has 0 saturated heterocycles. The van der Waals surface area contributed by atoms with Crippen LogP contribution in [-0.2, 0) is 0 Å². The Labute approximate surface area is 44.0 Å². The summed E-state index contributed by atoms with van der Waals surface area (Å²) in [5, 5.41) is 8.31. The van der Waals surface area contributed by atoms with Gasteiger partial charge < -0.3 is 0 Å². The van der Waals surface area contributed by atoms with E-state index in [4.69, 9.17) is 5.26 Å². The Morgan fingerprint density at radius 3 is 2.29 bits per heavy atom. The topological polar surface area (TPSA) is 23.8 Å². The van der Waals surface area contributed by atoms with E-state index in [1.165, 1.54) is 6.42 Å². The number of hydrogen-bond donors (Lipinski definition) is 0. The predicted molar refractivity (Wildman–Crippen MR) is 27.5 cm³/mol. The molecular weight excluding hydrogens is 86.1 g/mol. The fourth-order valence-electron chi connectivity index (χ4n) is 0.858. The summed E-state index contributed by atoms with van der Waals surface area (Å²) in [7, 11) is 0. The molecule has 38 valence electrons. The molecule has 7 heavy (non-hydrogen) atoms. The third-order valence-electron chi connectivity index (χ3n) is 1.79. The largest absolute Gasteiger partial charge is 0.198 e. The molecule has 1 aliphatic rings. The maximum Gasteiger partial charge on any atom is 0.0658 e. The van der Waals surface area contributed by atoms with Crippen LogP contribution in [0, 0.1) is 23.2 Å². The fraction of sp³-hybridized carbons (Fsp3) is 0.833. The number of nitriles is 1. The maximum absolute atomic E-state index is 8.31. The molecule has 1 heteroatoms. The summed E-state index contributed by atoms with van der Waals surface area (Å²) in [6.07, 6.45) is 2.40. The smallest absolute Gasteiger partial charge is 0.0658 e. The van der Waals surface area contributed by atoms with Gasteiger partial charge in [0.05, 0.1) is 6.07 Å². The van der Waals surface area contributed by atoms with Gasteiger partial charge in [-0.05, 0) is 18.8 Å². The van der Waals surface area contributed by atoms with E-state index >= 15 is 0 Å². The third-order valence-corrected chi connectivity index (χ3v) is 1.79. The van der Waals surface area contributed by atoms with Crippen LogP contribution in [0.25, 0.3) is 0 Å². The highest BCUT2D eigenvalue weighted by molar-refractivity contribution is 4.93. The second-order valence-electron chi connectivity index (χ2n) is 2.29. The van der Waals surface area contributed by atoms with Crippen molar-refractivity contribution in [3.8, 4) is 6.07 Å². The van der Waals surface area contributed by atoms with Crippen LogP contribution in [0.2, 0.25) is 0 Å². The Kier molecular flexibility index (Phi) is 1.02. The van der Waals surface area contributed by atoms with E-state index < -0.39 is 0 Å². The first-order valence-electron chi connectivity index (χ1n) is 2.74. The van der Waals surface area contributed by atoms with Gasteiger partial charge in [-0.2, -0.15) is 5.26 Å². The molecule has 0 aliphatic heterocycles. The van der Waals surface area contributed by atoms with Gasteiger partial charge in [0.25, 0.3) is 0 Å². The summed E-state index contributed by atoms with van der Waals surface area (Å²) in [5.74, 6) is 1.07. The van der Waals surface area contributed by atoms with Gasteiger partial charge in [0.2, 0.25) is 0 Å². The SMILES string of the molecule is C[C@H]1CCC1C#N. The van der Waals surface area contributed by atoms with Crippen LogP contribution in [0.5, 0.6) is 0 Å². The highest BCUT2D eigenvalue weighted by Gasteiger charge is 2.25. The van der Waals surface area contributed by atoms with Gasteiger partial charge in [-0.15, -0.1) is 0 Å². The molecule has 0 N–H and O–H groups in total. The first kappa shape index (κ1) is 4.64. The molecule has 1 nitrogen and oxygen atoms in total. The quantitative estimate of drug-likeness (QED) is 0.448. The molecule has 0 heterocycles.